The summed E-state index contributed by atoms with van der Waals surface area (Å²) in [6.07, 6.45) is 0. The molecule has 2 amide bonds. The Morgan fingerprint density at radius 1 is 1.07 bits per heavy atom. The Kier molecular flexibility index (Phi) is 7.26. The van der Waals surface area contributed by atoms with Gasteiger partial charge in [-0.25, -0.2) is 13.6 Å². The van der Waals surface area contributed by atoms with Crippen LogP contribution in [0.4, 0.5) is 13.6 Å². The first-order chi connectivity index (χ1) is 14.4. The summed E-state index contributed by atoms with van der Waals surface area (Å²) in [6, 6.07) is 10.9. The van der Waals surface area contributed by atoms with Crippen LogP contribution < -0.4 is 10.1 Å². The van der Waals surface area contributed by atoms with E-state index >= 15 is 0 Å². The van der Waals surface area contributed by atoms with Crippen molar-refractivity contribution in [3.8, 4) is 5.75 Å². The van der Waals surface area contributed by atoms with Crippen LogP contribution in [-0.4, -0.2) is 49.1 Å². The summed E-state index contributed by atoms with van der Waals surface area (Å²) in [5.74, 6) is -0.249. The Bertz CT molecular complexity index is 850. The van der Waals surface area contributed by atoms with Crippen molar-refractivity contribution in [1.82, 2.24) is 15.1 Å². The van der Waals surface area contributed by atoms with Gasteiger partial charge in [0, 0.05) is 32.7 Å². The minimum atomic E-state index is -0.367. The number of ether oxygens (including phenoxy) is 1. The number of halogens is 2. The van der Waals surface area contributed by atoms with Gasteiger partial charge in [0.05, 0.1) is 13.2 Å². The monoisotopic (exact) mass is 417 g/mol. The van der Waals surface area contributed by atoms with Crippen molar-refractivity contribution in [2.45, 2.75) is 26.4 Å². The van der Waals surface area contributed by atoms with Crippen LogP contribution in [0.15, 0.2) is 42.5 Å². The lowest BCUT2D eigenvalue weighted by Crippen LogP contribution is -2.52. The number of nitrogens with zero attached hydrogens (tertiary/aromatic N) is 2. The quantitative estimate of drug-likeness (QED) is 0.766. The van der Waals surface area contributed by atoms with E-state index in [4.69, 9.17) is 4.74 Å². The number of hydrogen-bond donors (Lipinski definition) is 1. The molecule has 3 rings (SSSR count). The second-order valence-corrected chi connectivity index (χ2v) is 7.95. The molecule has 1 atom stereocenters. The van der Waals surface area contributed by atoms with E-state index in [1.807, 2.05) is 19.9 Å². The van der Waals surface area contributed by atoms with Gasteiger partial charge in [0.2, 0.25) is 0 Å². The normalized spacial score (nSPS) is 15.9. The molecule has 5 nitrogen and oxygen atoms in total. The van der Waals surface area contributed by atoms with Gasteiger partial charge in [-0.05, 0) is 41.3 Å². The van der Waals surface area contributed by atoms with Crippen molar-refractivity contribution < 1.29 is 18.3 Å². The molecule has 162 valence electrons. The maximum atomic E-state index is 13.9. The number of rotatable bonds is 6. The number of carbonyl (C=O) groups is 1. The minimum Gasteiger partial charge on any atom is -0.494 e. The van der Waals surface area contributed by atoms with Crippen LogP contribution in [0.25, 0.3) is 0 Å². The van der Waals surface area contributed by atoms with Gasteiger partial charge in [-0.1, -0.05) is 32.0 Å². The fourth-order valence-corrected chi connectivity index (χ4v) is 3.70. The third kappa shape index (κ3) is 5.48. The number of benzene rings is 2. The molecule has 30 heavy (non-hydrogen) atoms. The van der Waals surface area contributed by atoms with Gasteiger partial charge in [-0.2, -0.15) is 0 Å². The number of methoxy groups -OCH3 is 1. The molecule has 1 fully saturated rings. The molecule has 1 heterocycles. The fraction of sp³-hybridized carbons (Fsp3) is 0.435. The summed E-state index contributed by atoms with van der Waals surface area (Å²) in [5, 5.41) is 3.09. The number of carbonyl (C=O) groups excluding carboxylic acids is 1. The Labute approximate surface area is 176 Å². The van der Waals surface area contributed by atoms with Crippen LogP contribution in [0.1, 0.15) is 31.0 Å². The van der Waals surface area contributed by atoms with E-state index in [9.17, 15) is 13.6 Å². The molecule has 2 aromatic rings. The van der Waals surface area contributed by atoms with E-state index in [1.165, 1.54) is 25.3 Å². The molecule has 0 aromatic heterocycles. The van der Waals surface area contributed by atoms with E-state index < -0.39 is 0 Å². The van der Waals surface area contributed by atoms with Crippen molar-refractivity contribution >= 4 is 6.03 Å². The molecule has 0 unspecified atom stereocenters. The lowest BCUT2D eigenvalue weighted by atomic mass is 9.96. The number of nitrogens with one attached hydrogen (secondary N) is 1. The Balaban J connectivity index is 1.54. The molecule has 0 saturated carbocycles. The van der Waals surface area contributed by atoms with Crippen molar-refractivity contribution in [3.63, 3.8) is 0 Å². The molecule has 1 aliphatic heterocycles. The molecule has 0 radical (unpaired) electrons. The predicted molar refractivity (Wildman–Crippen MR) is 112 cm³/mol. The van der Waals surface area contributed by atoms with Crippen LogP contribution in [0, 0.1) is 17.6 Å². The lowest BCUT2D eigenvalue weighted by molar-refractivity contribution is 0.131. The van der Waals surface area contributed by atoms with Gasteiger partial charge in [-0.15, -0.1) is 0 Å². The average Bonchev–Trinajstić information content (AvgIpc) is 2.73. The Morgan fingerprint density at radius 3 is 2.30 bits per heavy atom. The maximum Gasteiger partial charge on any atom is 0.317 e. The standard InChI is InChI=1S/C23H29F2N3O2/c1-16(2)22(18-5-7-19(24)8-6-18)26-23(29)28-12-10-27(11-13-28)15-17-4-9-21(30-3)20(25)14-17/h4-9,14,16,22H,10-13,15H2,1-3H3,(H,26,29)/t22-/m1/s1. The zero-order chi connectivity index (χ0) is 21.7. The second-order valence-electron chi connectivity index (χ2n) is 7.95. The smallest absolute Gasteiger partial charge is 0.317 e. The van der Waals surface area contributed by atoms with Crippen LogP contribution in [-0.2, 0) is 6.54 Å². The molecule has 0 spiro atoms. The van der Waals surface area contributed by atoms with Crippen molar-refractivity contribution in [1.29, 1.82) is 0 Å². The zero-order valence-corrected chi connectivity index (χ0v) is 17.7. The maximum absolute atomic E-state index is 13.9. The highest BCUT2D eigenvalue weighted by Crippen LogP contribution is 2.23. The van der Waals surface area contributed by atoms with Crippen molar-refractivity contribution in [3.05, 3.63) is 65.2 Å². The van der Waals surface area contributed by atoms with E-state index in [2.05, 4.69) is 10.2 Å². The third-order valence-electron chi connectivity index (χ3n) is 5.46. The van der Waals surface area contributed by atoms with Crippen molar-refractivity contribution in [2.75, 3.05) is 33.3 Å². The first kappa shape index (κ1) is 22.0. The summed E-state index contributed by atoms with van der Waals surface area (Å²) in [5.41, 5.74) is 1.77. The number of urea groups is 1. The molecule has 7 heteroatoms. The topological polar surface area (TPSA) is 44.8 Å². The first-order valence-electron chi connectivity index (χ1n) is 10.2. The zero-order valence-electron chi connectivity index (χ0n) is 17.7. The highest BCUT2D eigenvalue weighted by molar-refractivity contribution is 5.75. The molecule has 1 N–H and O–H groups in total. The molecular formula is C23H29F2N3O2. The van der Waals surface area contributed by atoms with Crippen molar-refractivity contribution in [2.24, 2.45) is 5.92 Å². The summed E-state index contributed by atoms with van der Waals surface area (Å²) in [7, 11) is 1.45. The van der Waals surface area contributed by atoms with Crippen LogP contribution in [0.2, 0.25) is 0 Å². The summed E-state index contributed by atoms with van der Waals surface area (Å²) < 4.78 is 32.1. The van der Waals surface area contributed by atoms with Gasteiger partial charge in [0.1, 0.15) is 5.82 Å². The number of amides is 2. The van der Waals surface area contributed by atoms with Gasteiger partial charge in [0.25, 0.3) is 0 Å². The second kappa shape index (κ2) is 9.89. The van der Waals surface area contributed by atoms with Gasteiger partial charge in [-0.3, -0.25) is 4.90 Å². The molecule has 0 bridgehead atoms. The Morgan fingerprint density at radius 2 is 1.73 bits per heavy atom. The highest BCUT2D eigenvalue weighted by atomic mass is 19.1. The minimum absolute atomic E-state index is 0.117. The van der Waals surface area contributed by atoms with Crippen LogP contribution in [0.3, 0.4) is 0 Å². The van der Waals surface area contributed by atoms with E-state index in [-0.39, 0.29) is 35.4 Å². The molecule has 0 aliphatic carbocycles. The summed E-state index contributed by atoms with van der Waals surface area (Å²) in [6.45, 7) is 7.30. The SMILES string of the molecule is COc1ccc(CN2CCN(C(=O)N[C@@H](c3ccc(F)cc3)C(C)C)CC2)cc1F. The first-order valence-corrected chi connectivity index (χ1v) is 10.2. The van der Waals surface area contributed by atoms with E-state index in [1.54, 1.807) is 23.1 Å². The van der Waals surface area contributed by atoms with Crippen LogP contribution in [0.5, 0.6) is 5.75 Å². The van der Waals surface area contributed by atoms with E-state index in [0.717, 1.165) is 11.1 Å². The largest absolute Gasteiger partial charge is 0.494 e. The third-order valence-corrected chi connectivity index (χ3v) is 5.46. The average molecular weight is 418 g/mol. The Hall–Kier alpha value is -2.67. The van der Waals surface area contributed by atoms with Gasteiger partial charge >= 0.3 is 6.03 Å². The molecule has 1 saturated heterocycles. The van der Waals surface area contributed by atoms with E-state index in [0.29, 0.717) is 32.7 Å². The summed E-state index contributed by atoms with van der Waals surface area (Å²) >= 11 is 0. The predicted octanol–water partition coefficient (Wildman–Crippen LogP) is 4.20. The van der Waals surface area contributed by atoms with Crippen LogP contribution >= 0.6 is 0 Å². The number of piperazine rings is 1. The van der Waals surface area contributed by atoms with Gasteiger partial charge < -0.3 is 15.0 Å². The number of hydrogen-bond acceptors (Lipinski definition) is 3. The molecule has 1 aliphatic rings. The summed E-state index contributed by atoms with van der Waals surface area (Å²) in [4.78, 5) is 16.8. The molecule has 2 aromatic carbocycles. The highest BCUT2D eigenvalue weighted by Gasteiger charge is 2.25. The fourth-order valence-electron chi connectivity index (χ4n) is 3.70. The lowest BCUT2D eigenvalue weighted by Gasteiger charge is -2.36. The molecular weight excluding hydrogens is 388 g/mol. The van der Waals surface area contributed by atoms with Gasteiger partial charge in [0.15, 0.2) is 11.6 Å².